The van der Waals surface area contributed by atoms with Crippen LogP contribution < -0.4 is 9.44 Å². The van der Waals surface area contributed by atoms with Gasteiger partial charge in [0.2, 0.25) is 20.0 Å². The van der Waals surface area contributed by atoms with E-state index in [1.807, 2.05) is 9.44 Å². The van der Waals surface area contributed by atoms with Crippen LogP contribution in [-0.2, 0) is 24.8 Å². The van der Waals surface area contributed by atoms with Gasteiger partial charge in [0, 0.05) is 0 Å². The maximum atomic E-state index is 13.9. The van der Waals surface area contributed by atoms with Crippen molar-refractivity contribution in [2.75, 3.05) is 10.5 Å². The van der Waals surface area contributed by atoms with Crippen molar-refractivity contribution in [1.29, 1.82) is 0 Å². The van der Waals surface area contributed by atoms with Crippen LogP contribution in [0.1, 0.15) is 20.3 Å². The van der Waals surface area contributed by atoms with Gasteiger partial charge in [0.15, 0.2) is 0 Å². The first-order valence-electron chi connectivity index (χ1n) is 6.53. The maximum Gasteiger partial charge on any atom is 0.321 e. The van der Waals surface area contributed by atoms with Crippen molar-refractivity contribution in [2.45, 2.75) is 31.2 Å². The summed E-state index contributed by atoms with van der Waals surface area (Å²) in [4.78, 5) is 10.2. The number of benzene rings is 1. The Bertz CT molecular complexity index is 792. The number of hydrogen-bond acceptors (Lipinski definition) is 5. The molecule has 0 saturated carbocycles. The Morgan fingerprint density at radius 3 is 2.39 bits per heavy atom. The van der Waals surface area contributed by atoms with E-state index in [1.54, 1.807) is 6.92 Å². The quantitative estimate of drug-likeness (QED) is 0.620. The Morgan fingerprint density at radius 2 is 1.91 bits per heavy atom. The third-order valence-electron chi connectivity index (χ3n) is 2.69. The fourth-order valence-corrected chi connectivity index (χ4v) is 3.93. The van der Waals surface area contributed by atoms with E-state index >= 15 is 0 Å². The first kappa shape index (κ1) is 19.3. The lowest BCUT2D eigenvalue weighted by atomic mass is 10.3. The van der Waals surface area contributed by atoms with E-state index in [0.29, 0.717) is 12.5 Å². The molecule has 23 heavy (non-hydrogen) atoms. The first-order chi connectivity index (χ1) is 10.5. The van der Waals surface area contributed by atoms with Crippen molar-refractivity contribution in [2.24, 2.45) is 0 Å². The van der Waals surface area contributed by atoms with Crippen molar-refractivity contribution in [3.8, 4) is 0 Å². The van der Waals surface area contributed by atoms with Crippen molar-refractivity contribution < 1.29 is 31.1 Å². The van der Waals surface area contributed by atoms with Gasteiger partial charge in [0.1, 0.15) is 11.9 Å². The third kappa shape index (κ3) is 5.44. The van der Waals surface area contributed by atoms with E-state index < -0.39 is 42.8 Å². The molecule has 11 heteroatoms. The minimum atomic E-state index is -4.25. The summed E-state index contributed by atoms with van der Waals surface area (Å²) in [6, 6.07) is 1.15. The van der Waals surface area contributed by atoms with E-state index in [0.717, 1.165) is 19.1 Å². The molecule has 1 aromatic carbocycles. The fraction of sp³-hybridized carbons (Fsp3) is 0.417. The maximum absolute atomic E-state index is 13.9. The molecule has 0 aliphatic rings. The Labute approximate surface area is 133 Å². The highest BCUT2D eigenvalue weighted by Crippen LogP contribution is 2.20. The van der Waals surface area contributed by atoms with Gasteiger partial charge in [-0.1, -0.05) is 6.92 Å². The van der Waals surface area contributed by atoms with Gasteiger partial charge in [-0.3, -0.25) is 9.52 Å². The topological polar surface area (TPSA) is 130 Å². The molecule has 1 rings (SSSR count). The summed E-state index contributed by atoms with van der Waals surface area (Å²) in [5, 5.41) is 8.69. The van der Waals surface area contributed by atoms with Crippen molar-refractivity contribution in [1.82, 2.24) is 4.72 Å². The lowest BCUT2D eigenvalue weighted by molar-refractivity contribution is -0.138. The normalized spacial score (nSPS) is 13.5. The van der Waals surface area contributed by atoms with Gasteiger partial charge in [-0.15, -0.1) is 0 Å². The second-order valence-electron chi connectivity index (χ2n) is 4.74. The summed E-state index contributed by atoms with van der Waals surface area (Å²) in [7, 11) is -7.96. The number of carbonyl (C=O) groups is 1. The zero-order chi connectivity index (χ0) is 17.8. The minimum Gasteiger partial charge on any atom is -0.480 e. The molecule has 1 aromatic rings. The smallest absolute Gasteiger partial charge is 0.321 e. The Kier molecular flexibility index (Phi) is 6.08. The van der Waals surface area contributed by atoms with Crippen LogP contribution in [0.15, 0.2) is 23.1 Å². The number of aliphatic carboxylic acids is 1. The predicted octanol–water partition coefficient (Wildman–Crippen LogP) is 0.729. The SMILES string of the molecule is CCCS(=O)(=O)Nc1ccc(S(=O)(=O)NC(C)C(=O)O)cc1F. The summed E-state index contributed by atoms with van der Waals surface area (Å²) >= 11 is 0. The van der Waals surface area contributed by atoms with Gasteiger partial charge in [-0.2, -0.15) is 4.72 Å². The molecule has 0 aromatic heterocycles. The van der Waals surface area contributed by atoms with Crippen LogP contribution in [0, 0.1) is 5.82 Å². The van der Waals surface area contributed by atoms with E-state index in [-0.39, 0.29) is 11.4 Å². The number of sulfonamides is 2. The number of carboxylic acid groups (broad SMARTS) is 1. The van der Waals surface area contributed by atoms with E-state index in [1.165, 1.54) is 0 Å². The molecule has 3 N–H and O–H groups in total. The van der Waals surface area contributed by atoms with Crippen LogP contribution >= 0.6 is 0 Å². The Hall–Kier alpha value is -1.72. The van der Waals surface area contributed by atoms with E-state index in [4.69, 9.17) is 5.11 Å². The highest BCUT2D eigenvalue weighted by Gasteiger charge is 2.23. The molecule has 130 valence electrons. The Morgan fingerprint density at radius 1 is 1.30 bits per heavy atom. The van der Waals surface area contributed by atoms with E-state index in [2.05, 4.69) is 0 Å². The molecule has 0 aliphatic heterocycles. The zero-order valence-electron chi connectivity index (χ0n) is 12.4. The zero-order valence-corrected chi connectivity index (χ0v) is 14.0. The van der Waals surface area contributed by atoms with Crippen molar-refractivity contribution in [3.63, 3.8) is 0 Å². The fourth-order valence-electron chi connectivity index (χ4n) is 1.58. The molecule has 0 fully saturated rings. The van der Waals surface area contributed by atoms with Crippen LogP contribution in [0.4, 0.5) is 10.1 Å². The van der Waals surface area contributed by atoms with Crippen LogP contribution in [0.25, 0.3) is 0 Å². The van der Waals surface area contributed by atoms with Gasteiger partial charge in [0.05, 0.1) is 16.3 Å². The summed E-state index contributed by atoms with van der Waals surface area (Å²) in [6.07, 6.45) is 0.334. The average molecular weight is 368 g/mol. The summed E-state index contributed by atoms with van der Waals surface area (Å²) in [6.45, 7) is 2.75. The second kappa shape index (κ2) is 7.23. The number of rotatable bonds is 8. The molecule has 0 saturated heterocycles. The second-order valence-corrected chi connectivity index (χ2v) is 8.30. The standard InChI is InChI=1S/C12H17FN2O6S2/c1-3-6-22(18,19)15-11-5-4-9(7-10(11)13)23(20,21)14-8(2)12(16)17/h4-5,7-8,14-15H,3,6H2,1-2H3,(H,16,17). The molecule has 0 bridgehead atoms. The molecule has 1 unspecified atom stereocenters. The van der Waals surface area contributed by atoms with Crippen LogP contribution in [0.3, 0.4) is 0 Å². The van der Waals surface area contributed by atoms with Crippen LogP contribution in [0.5, 0.6) is 0 Å². The molecule has 8 nitrogen and oxygen atoms in total. The van der Waals surface area contributed by atoms with Gasteiger partial charge in [0.25, 0.3) is 0 Å². The lowest BCUT2D eigenvalue weighted by Crippen LogP contribution is -2.38. The molecule has 0 aliphatic carbocycles. The summed E-state index contributed by atoms with van der Waals surface area (Å²) in [5.74, 6) is -2.68. The van der Waals surface area contributed by atoms with E-state index in [9.17, 15) is 26.0 Å². The first-order valence-corrected chi connectivity index (χ1v) is 9.67. The molecule has 1 atom stereocenters. The number of hydrogen-bond donors (Lipinski definition) is 3. The molecular weight excluding hydrogens is 351 g/mol. The molecule has 0 radical (unpaired) electrons. The largest absolute Gasteiger partial charge is 0.480 e. The summed E-state index contributed by atoms with van der Waals surface area (Å²) < 4.78 is 64.8. The Balaban J connectivity index is 3.06. The highest BCUT2D eigenvalue weighted by atomic mass is 32.2. The minimum absolute atomic E-state index is 0.204. The number of carboxylic acids is 1. The predicted molar refractivity (Wildman–Crippen MR) is 81.5 cm³/mol. The third-order valence-corrected chi connectivity index (χ3v) is 5.71. The van der Waals surface area contributed by atoms with Gasteiger partial charge in [-0.05, 0) is 31.5 Å². The number of nitrogens with one attached hydrogen (secondary N) is 2. The average Bonchev–Trinajstić information content (AvgIpc) is 2.40. The van der Waals surface area contributed by atoms with Crippen molar-refractivity contribution >= 4 is 31.7 Å². The van der Waals surface area contributed by atoms with Gasteiger partial charge >= 0.3 is 5.97 Å². The number of anilines is 1. The number of halogens is 1. The lowest BCUT2D eigenvalue weighted by Gasteiger charge is -2.12. The monoisotopic (exact) mass is 368 g/mol. The molecule has 0 amide bonds. The highest BCUT2D eigenvalue weighted by molar-refractivity contribution is 7.92. The molecular formula is C12H17FN2O6S2. The molecule has 0 spiro atoms. The van der Waals surface area contributed by atoms with Crippen LogP contribution in [-0.4, -0.2) is 39.7 Å². The summed E-state index contributed by atoms with van der Waals surface area (Å²) in [5.41, 5.74) is -0.385. The van der Waals surface area contributed by atoms with Crippen LogP contribution in [0.2, 0.25) is 0 Å². The van der Waals surface area contributed by atoms with Crippen molar-refractivity contribution in [3.05, 3.63) is 24.0 Å². The van der Waals surface area contributed by atoms with Gasteiger partial charge in [-0.25, -0.2) is 21.2 Å². The molecule has 0 heterocycles. The van der Waals surface area contributed by atoms with Gasteiger partial charge < -0.3 is 5.11 Å².